The van der Waals surface area contributed by atoms with E-state index in [1.165, 1.54) is 6.33 Å². The van der Waals surface area contributed by atoms with Crippen molar-refractivity contribution in [2.75, 3.05) is 15.3 Å². The molecule has 0 bridgehead atoms. The molecule has 1 aromatic heterocycles. The van der Waals surface area contributed by atoms with Crippen molar-refractivity contribution in [1.29, 1.82) is 0 Å². The Morgan fingerprint density at radius 2 is 1.11 bits per heavy atom. The van der Waals surface area contributed by atoms with Crippen LogP contribution in [0.1, 0.15) is 11.1 Å². The van der Waals surface area contributed by atoms with Crippen LogP contribution in [0, 0.1) is 10.1 Å². The number of para-hydroxylation sites is 2. The molecule has 188 valence electrons. The molecule has 0 saturated heterocycles. The molecule has 0 atom stereocenters. The molecule has 5 aromatic rings. The van der Waals surface area contributed by atoms with Crippen LogP contribution < -0.4 is 15.3 Å². The van der Waals surface area contributed by atoms with Crippen molar-refractivity contribution in [3.63, 3.8) is 0 Å². The van der Waals surface area contributed by atoms with Crippen molar-refractivity contribution >= 4 is 28.7 Å². The number of nitrogens with zero attached hydrogens (tertiary/aromatic N) is 5. The molecule has 0 aliphatic rings. The summed E-state index contributed by atoms with van der Waals surface area (Å²) in [4.78, 5) is 22.8. The van der Waals surface area contributed by atoms with Gasteiger partial charge in [-0.15, -0.1) is 0 Å². The van der Waals surface area contributed by atoms with Crippen molar-refractivity contribution in [3.8, 4) is 0 Å². The topological polar surface area (TPSA) is 87.4 Å². The number of nitro groups is 1. The van der Waals surface area contributed by atoms with Crippen molar-refractivity contribution in [1.82, 2.24) is 9.97 Å². The quantitative estimate of drug-likeness (QED) is 0.167. The molecule has 1 N–H and O–H groups in total. The van der Waals surface area contributed by atoms with Crippen molar-refractivity contribution < 1.29 is 4.92 Å². The second-order valence-electron chi connectivity index (χ2n) is 8.60. The van der Waals surface area contributed by atoms with Gasteiger partial charge in [-0.2, -0.15) is 0 Å². The lowest BCUT2D eigenvalue weighted by atomic mass is 10.1. The molecule has 5 rings (SSSR count). The number of benzene rings is 4. The summed E-state index contributed by atoms with van der Waals surface area (Å²) < 4.78 is 0. The van der Waals surface area contributed by atoms with E-state index in [9.17, 15) is 10.1 Å². The monoisotopic (exact) mass is 502 g/mol. The summed E-state index contributed by atoms with van der Waals surface area (Å²) in [6.45, 7) is 0.877. The first-order valence-electron chi connectivity index (χ1n) is 12.2. The molecule has 0 saturated carbocycles. The Hall–Kier alpha value is -5.24. The highest BCUT2D eigenvalue weighted by molar-refractivity contribution is 5.75. The highest BCUT2D eigenvalue weighted by Crippen LogP contribution is 2.36. The average Bonchev–Trinajstić information content (AvgIpc) is 2.97. The Labute approximate surface area is 221 Å². The number of aromatic nitrogens is 2. The number of hydrogen-bond donors (Lipinski definition) is 1. The van der Waals surface area contributed by atoms with Gasteiger partial charge in [0.05, 0.1) is 16.3 Å². The molecule has 38 heavy (non-hydrogen) atoms. The van der Waals surface area contributed by atoms with Crippen molar-refractivity contribution in [2.45, 2.75) is 13.1 Å². The van der Waals surface area contributed by atoms with Crippen LogP contribution in [0.3, 0.4) is 0 Å². The number of anilines is 4. The normalized spacial score (nSPS) is 10.5. The predicted molar refractivity (Wildman–Crippen MR) is 150 cm³/mol. The van der Waals surface area contributed by atoms with Gasteiger partial charge in [0, 0.05) is 13.1 Å². The Bertz CT molecular complexity index is 1390. The van der Waals surface area contributed by atoms with Gasteiger partial charge in [-0.25, -0.2) is 9.97 Å². The van der Waals surface area contributed by atoms with Crippen LogP contribution in [0.25, 0.3) is 0 Å². The highest BCUT2D eigenvalue weighted by atomic mass is 16.6. The molecular formula is C30H26N6O2. The fraction of sp³-hybridized carbons (Fsp3) is 0.0667. The van der Waals surface area contributed by atoms with Gasteiger partial charge in [0.2, 0.25) is 11.6 Å². The first kappa shape index (κ1) is 24.5. The van der Waals surface area contributed by atoms with Gasteiger partial charge in [0.1, 0.15) is 6.33 Å². The smallest absolute Gasteiger partial charge is 0.342 e. The van der Waals surface area contributed by atoms with E-state index in [1.807, 2.05) is 126 Å². The minimum absolute atomic E-state index is 0.0961. The van der Waals surface area contributed by atoms with Crippen LogP contribution >= 0.6 is 0 Å². The van der Waals surface area contributed by atoms with Gasteiger partial charge in [-0.1, -0.05) is 97.1 Å². The van der Waals surface area contributed by atoms with E-state index in [1.54, 1.807) is 5.01 Å². The third-order valence-corrected chi connectivity index (χ3v) is 5.96. The maximum atomic E-state index is 12.5. The third kappa shape index (κ3) is 5.76. The molecule has 4 aromatic carbocycles. The average molecular weight is 503 g/mol. The molecule has 0 amide bonds. The second kappa shape index (κ2) is 11.7. The zero-order valence-corrected chi connectivity index (χ0v) is 20.6. The number of nitrogens with one attached hydrogen (secondary N) is 1. The fourth-order valence-electron chi connectivity index (χ4n) is 4.20. The maximum absolute atomic E-state index is 12.5. The molecule has 0 fully saturated rings. The third-order valence-electron chi connectivity index (χ3n) is 5.96. The van der Waals surface area contributed by atoms with E-state index in [2.05, 4.69) is 15.4 Å². The molecule has 0 spiro atoms. The molecule has 8 heteroatoms. The molecule has 0 aliphatic carbocycles. The standard InChI is InChI=1S/C30H26N6O2/c37-36(38)28-29(33-35(26-17-9-3-10-18-26)27-19-11-4-12-20-27)31-23-32-30(28)34(21-24-13-5-1-6-14-24)22-25-15-7-2-8-16-25/h1-20,23H,21-22H2,(H,31,32,33). The van der Waals surface area contributed by atoms with Gasteiger partial charge in [0.15, 0.2) is 0 Å². The molecule has 8 nitrogen and oxygen atoms in total. The maximum Gasteiger partial charge on any atom is 0.355 e. The summed E-state index contributed by atoms with van der Waals surface area (Å²) in [7, 11) is 0. The fourth-order valence-corrected chi connectivity index (χ4v) is 4.20. The van der Waals surface area contributed by atoms with Crippen molar-refractivity contribution in [2.24, 2.45) is 0 Å². The van der Waals surface area contributed by atoms with Crippen molar-refractivity contribution in [3.05, 3.63) is 149 Å². The Kier molecular flexibility index (Phi) is 7.51. The summed E-state index contributed by atoms with van der Waals surface area (Å²) in [5.74, 6) is 0.333. The van der Waals surface area contributed by atoms with Gasteiger partial charge in [0.25, 0.3) is 0 Å². The zero-order valence-electron chi connectivity index (χ0n) is 20.6. The van der Waals surface area contributed by atoms with Gasteiger partial charge in [-0.3, -0.25) is 20.5 Å². The lowest BCUT2D eigenvalue weighted by molar-refractivity contribution is -0.383. The largest absolute Gasteiger partial charge is 0.355 e. The minimum atomic E-state index is -0.422. The summed E-state index contributed by atoms with van der Waals surface area (Å²) in [5, 5.41) is 14.3. The SMILES string of the molecule is O=[N+]([O-])c1c(NN(c2ccccc2)c2ccccc2)ncnc1N(Cc1ccccc1)Cc1ccccc1. The van der Waals surface area contributed by atoms with E-state index in [4.69, 9.17) is 0 Å². The summed E-state index contributed by atoms with van der Waals surface area (Å²) >= 11 is 0. The lowest BCUT2D eigenvalue weighted by Gasteiger charge is -2.27. The number of hydrogen-bond acceptors (Lipinski definition) is 7. The summed E-state index contributed by atoms with van der Waals surface area (Å²) in [6.07, 6.45) is 1.36. The first-order valence-corrected chi connectivity index (χ1v) is 12.2. The molecular weight excluding hydrogens is 476 g/mol. The Morgan fingerprint density at radius 1 is 0.658 bits per heavy atom. The Morgan fingerprint density at radius 3 is 1.55 bits per heavy atom. The van der Waals surface area contributed by atoms with Gasteiger partial charge in [-0.05, 0) is 35.4 Å². The molecule has 0 aliphatic heterocycles. The zero-order chi connectivity index (χ0) is 26.2. The van der Waals surface area contributed by atoms with Gasteiger partial charge >= 0.3 is 5.69 Å². The van der Waals surface area contributed by atoms with E-state index >= 15 is 0 Å². The molecule has 0 radical (unpaired) electrons. The summed E-state index contributed by atoms with van der Waals surface area (Å²) in [6, 6.07) is 38.9. The number of rotatable bonds is 10. The number of hydrazine groups is 1. The van der Waals surface area contributed by atoms with Crippen LogP contribution in [0.5, 0.6) is 0 Å². The van der Waals surface area contributed by atoms with Crippen LogP contribution in [0.2, 0.25) is 0 Å². The van der Waals surface area contributed by atoms with Crippen LogP contribution in [0.4, 0.5) is 28.7 Å². The van der Waals surface area contributed by atoms with E-state index in [0.29, 0.717) is 13.1 Å². The van der Waals surface area contributed by atoms with E-state index < -0.39 is 4.92 Å². The highest BCUT2D eigenvalue weighted by Gasteiger charge is 2.29. The molecule has 1 heterocycles. The van der Waals surface area contributed by atoms with Crippen LogP contribution in [-0.4, -0.2) is 14.9 Å². The van der Waals surface area contributed by atoms with E-state index in [0.717, 1.165) is 22.5 Å². The lowest BCUT2D eigenvalue weighted by Crippen LogP contribution is -2.28. The second-order valence-corrected chi connectivity index (χ2v) is 8.60. The predicted octanol–water partition coefficient (Wildman–Crippen LogP) is 6.76. The van der Waals surface area contributed by atoms with Crippen LogP contribution in [-0.2, 0) is 13.1 Å². The molecule has 0 unspecified atom stereocenters. The summed E-state index contributed by atoms with van der Waals surface area (Å²) in [5.41, 5.74) is 6.64. The minimum Gasteiger partial charge on any atom is -0.342 e. The van der Waals surface area contributed by atoms with Crippen LogP contribution in [0.15, 0.2) is 128 Å². The first-order chi connectivity index (χ1) is 18.7. The van der Waals surface area contributed by atoms with E-state index in [-0.39, 0.29) is 17.3 Å². The van der Waals surface area contributed by atoms with Gasteiger partial charge < -0.3 is 4.90 Å². The Balaban J connectivity index is 1.58.